The first kappa shape index (κ1) is 22.0. The topological polar surface area (TPSA) is 98.8 Å². The second-order valence-electron chi connectivity index (χ2n) is 9.04. The van der Waals surface area contributed by atoms with Crippen molar-refractivity contribution in [2.45, 2.75) is 18.9 Å². The summed E-state index contributed by atoms with van der Waals surface area (Å²) in [4.78, 5) is 52.8. The van der Waals surface area contributed by atoms with E-state index in [4.69, 9.17) is 9.15 Å². The van der Waals surface area contributed by atoms with Crippen LogP contribution in [0, 0.1) is 0 Å². The first-order valence-electron chi connectivity index (χ1n) is 11.8. The van der Waals surface area contributed by atoms with Gasteiger partial charge in [-0.2, -0.15) is 0 Å². The smallest absolute Gasteiger partial charge is 0.420 e. The lowest BCUT2D eigenvalue weighted by Gasteiger charge is -2.32. The third-order valence-electron chi connectivity index (χ3n) is 7.13. The summed E-state index contributed by atoms with van der Waals surface area (Å²) < 4.78 is 11.8. The van der Waals surface area contributed by atoms with E-state index in [0.717, 1.165) is 5.56 Å². The molecule has 1 aromatic heterocycles. The molecule has 8 nitrogen and oxygen atoms in total. The summed E-state index contributed by atoms with van der Waals surface area (Å²) in [5.41, 5.74) is 4.42. The number of benzene rings is 3. The molecule has 1 amide bonds. The zero-order valence-electron chi connectivity index (χ0n) is 19.5. The van der Waals surface area contributed by atoms with E-state index in [1.54, 1.807) is 51.9 Å². The molecular formula is C28H22N2O6. The van der Waals surface area contributed by atoms with Gasteiger partial charge in [-0.1, -0.05) is 36.4 Å². The highest BCUT2D eigenvalue weighted by Crippen LogP contribution is 2.39. The normalized spacial score (nSPS) is 15.1. The van der Waals surface area contributed by atoms with Gasteiger partial charge in [-0.05, 0) is 42.7 Å². The minimum atomic E-state index is -0.493. The van der Waals surface area contributed by atoms with E-state index in [-0.39, 0.29) is 17.7 Å². The molecule has 2 heterocycles. The Bertz CT molecular complexity index is 1620. The van der Waals surface area contributed by atoms with Crippen molar-refractivity contribution >= 4 is 28.8 Å². The van der Waals surface area contributed by atoms with Gasteiger partial charge in [0.15, 0.2) is 11.4 Å². The molecule has 36 heavy (non-hydrogen) atoms. The number of fused-ring (bicyclic) bond motifs is 4. The Labute approximate surface area is 205 Å². The van der Waals surface area contributed by atoms with Crippen molar-refractivity contribution in [3.8, 4) is 11.1 Å². The van der Waals surface area contributed by atoms with Crippen LogP contribution in [0.1, 0.15) is 55.5 Å². The lowest BCUT2D eigenvalue weighted by Crippen LogP contribution is -2.40. The number of likely N-dealkylation sites (tertiary alicyclic amines) is 1. The Hall–Kier alpha value is -4.46. The first-order valence-corrected chi connectivity index (χ1v) is 11.8. The highest BCUT2D eigenvalue weighted by Gasteiger charge is 2.33. The van der Waals surface area contributed by atoms with E-state index in [1.807, 2.05) is 18.2 Å². The Morgan fingerprint density at radius 3 is 2.39 bits per heavy atom. The second-order valence-corrected chi connectivity index (χ2v) is 9.04. The van der Waals surface area contributed by atoms with Gasteiger partial charge < -0.3 is 14.1 Å². The molecule has 1 aliphatic heterocycles. The Balaban J connectivity index is 1.27. The van der Waals surface area contributed by atoms with Gasteiger partial charge in [0.05, 0.1) is 18.2 Å². The standard InChI is InChI=1S/C28H22N2O6/c1-35-27(33)16-9-10-23-22(15-16)30(28(34)36-23)17-11-13-29(14-12-17)26(32)21-8-4-7-20-24(21)18-5-2-3-6-19(18)25(20)31/h2-10,15,17H,11-14H2,1H3. The molecule has 0 saturated carbocycles. The molecule has 3 aromatic carbocycles. The van der Waals surface area contributed by atoms with Crippen molar-refractivity contribution in [3.05, 3.63) is 93.5 Å². The minimum Gasteiger partial charge on any atom is -0.465 e. The van der Waals surface area contributed by atoms with Crippen LogP contribution in [0.2, 0.25) is 0 Å². The number of carbonyl (C=O) groups is 3. The molecule has 1 saturated heterocycles. The number of oxazole rings is 1. The molecule has 1 fully saturated rings. The van der Waals surface area contributed by atoms with Crippen molar-refractivity contribution in [3.63, 3.8) is 0 Å². The molecule has 6 rings (SSSR count). The van der Waals surface area contributed by atoms with Crippen LogP contribution < -0.4 is 5.76 Å². The number of amides is 1. The Kier molecular flexibility index (Phi) is 5.10. The molecule has 0 atom stereocenters. The molecule has 180 valence electrons. The summed E-state index contributed by atoms with van der Waals surface area (Å²) >= 11 is 0. The SMILES string of the molecule is COC(=O)c1ccc2oc(=O)n(C3CCN(C(=O)c4cccc5c4-c4ccccc4C5=O)CC3)c2c1. The van der Waals surface area contributed by atoms with Crippen molar-refractivity contribution in [1.82, 2.24) is 9.47 Å². The van der Waals surface area contributed by atoms with Gasteiger partial charge in [-0.15, -0.1) is 0 Å². The summed E-state index contributed by atoms with van der Waals surface area (Å²) in [6.45, 7) is 0.886. The number of piperidine rings is 1. The predicted octanol–water partition coefficient (Wildman–Crippen LogP) is 4.07. The predicted molar refractivity (Wildman–Crippen MR) is 131 cm³/mol. The average Bonchev–Trinajstić information content (AvgIpc) is 3.41. The van der Waals surface area contributed by atoms with Gasteiger partial charge in [0.25, 0.3) is 5.91 Å². The lowest BCUT2D eigenvalue weighted by atomic mass is 9.97. The average molecular weight is 482 g/mol. The van der Waals surface area contributed by atoms with Gasteiger partial charge in [0.1, 0.15) is 0 Å². The molecule has 1 aliphatic carbocycles. The van der Waals surface area contributed by atoms with E-state index in [1.165, 1.54) is 7.11 Å². The zero-order chi connectivity index (χ0) is 25.0. The van der Waals surface area contributed by atoms with E-state index in [0.29, 0.717) is 64.8 Å². The van der Waals surface area contributed by atoms with Gasteiger partial charge in [-0.3, -0.25) is 14.2 Å². The summed E-state index contributed by atoms with van der Waals surface area (Å²) in [5, 5.41) is 0. The Morgan fingerprint density at radius 2 is 1.64 bits per heavy atom. The van der Waals surface area contributed by atoms with Crippen LogP contribution >= 0.6 is 0 Å². The van der Waals surface area contributed by atoms with Crippen LogP contribution in [0.3, 0.4) is 0 Å². The van der Waals surface area contributed by atoms with Crippen LogP contribution in [0.25, 0.3) is 22.2 Å². The molecule has 0 spiro atoms. The first-order chi connectivity index (χ1) is 17.5. The fourth-order valence-electron chi connectivity index (χ4n) is 5.38. The van der Waals surface area contributed by atoms with Crippen molar-refractivity contribution in [1.29, 1.82) is 0 Å². The van der Waals surface area contributed by atoms with Gasteiger partial charge in [0.2, 0.25) is 0 Å². The molecule has 2 aliphatic rings. The molecule has 0 radical (unpaired) electrons. The summed E-state index contributed by atoms with van der Waals surface area (Å²) in [6.07, 6.45) is 1.10. The number of hydrogen-bond donors (Lipinski definition) is 0. The maximum Gasteiger partial charge on any atom is 0.420 e. The van der Waals surface area contributed by atoms with Crippen LogP contribution in [0.4, 0.5) is 0 Å². The number of ether oxygens (including phenoxy) is 1. The number of carbonyl (C=O) groups excluding carboxylic acids is 3. The molecule has 4 aromatic rings. The highest BCUT2D eigenvalue weighted by molar-refractivity contribution is 6.24. The van der Waals surface area contributed by atoms with Crippen LogP contribution in [-0.4, -0.2) is 47.3 Å². The fraction of sp³-hybridized carbons (Fsp3) is 0.214. The largest absolute Gasteiger partial charge is 0.465 e. The van der Waals surface area contributed by atoms with Crippen molar-refractivity contribution in [2.24, 2.45) is 0 Å². The summed E-state index contributed by atoms with van der Waals surface area (Å²) in [6, 6.07) is 17.2. The maximum absolute atomic E-state index is 13.6. The molecule has 8 heteroatoms. The van der Waals surface area contributed by atoms with E-state index >= 15 is 0 Å². The number of nitrogens with zero attached hydrogens (tertiary/aromatic N) is 2. The lowest BCUT2D eigenvalue weighted by molar-refractivity contribution is 0.0599. The van der Waals surface area contributed by atoms with Crippen molar-refractivity contribution < 1.29 is 23.5 Å². The number of hydrogen-bond acceptors (Lipinski definition) is 6. The van der Waals surface area contributed by atoms with Crippen LogP contribution in [0.5, 0.6) is 0 Å². The number of esters is 1. The van der Waals surface area contributed by atoms with Crippen LogP contribution in [-0.2, 0) is 4.74 Å². The van der Waals surface area contributed by atoms with E-state index < -0.39 is 11.7 Å². The number of aromatic nitrogens is 1. The van der Waals surface area contributed by atoms with Crippen LogP contribution in [0.15, 0.2) is 69.9 Å². The third kappa shape index (κ3) is 3.29. The third-order valence-corrected chi connectivity index (χ3v) is 7.13. The molecule has 0 unspecified atom stereocenters. The number of rotatable bonds is 3. The summed E-state index contributed by atoms with van der Waals surface area (Å²) in [5.74, 6) is -1.18. The molecule has 0 N–H and O–H groups in total. The monoisotopic (exact) mass is 482 g/mol. The van der Waals surface area contributed by atoms with Gasteiger partial charge in [-0.25, -0.2) is 9.59 Å². The quantitative estimate of drug-likeness (QED) is 0.360. The number of ketones is 1. The van der Waals surface area contributed by atoms with Crippen molar-refractivity contribution in [2.75, 3.05) is 20.2 Å². The minimum absolute atomic E-state index is 0.0634. The van der Waals surface area contributed by atoms with E-state index in [2.05, 4.69) is 0 Å². The summed E-state index contributed by atoms with van der Waals surface area (Å²) in [7, 11) is 1.30. The number of methoxy groups -OCH3 is 1. The zero-order valence-corrected chi connectivity index (χ0v) is 19.5. The maximum atomic E-state index is 13.6. The highest BCUT2D eigenvalue weighted by atomic mass is 16.5. The fourth-order valence-corrected chi connectivity index (χ4v) is 5.38. The second kappa shape index (κ2) is 8.34. The van der Waals surface area contributed by atoms with Gasteiger partial charge >= 0.3 is 11.7 Å². The Morgan fingerprint density at radius 1 is 0.917 bits per heavy atom. The van der Waals surface area contributed by atoms with E-state index in [9.17, 15) is 19.2 Å². The molecule has 0 bridgehead atoms. The van der Waals surface area contributed by atoms with Gasteiger partial charge in [0, 0.05) is 41.4 Å². The molecular weight excluding hydrogens is 460 g/mol.